The Morgan fingerprint density at radius 3 is 2.63 bits per heavy atom. The molecular formula is C20H22BrN3O5S. The van der Waals surface area contributed by atoms with Gasteiger partial charge in [-0.15, -0.1) is 0 Å². The van der Waals surface area contributed by atoms with E-state index in [-0.39, 0.29) is 23.8 Å². The van der Waals surface area contributed by atoms with E-state index < -0.39 is 21.0 Å². The summed E-state index contributed by atoms with van der Waals surface area (Å²) < 4.78 is 26.8. The number of hydrogen-bond acceptors (Lipinski definition) is 6. The quantitative estimate of drug-likeness (QED) is 0.418. The third kappa shape index (κ3) is 4.50. The fourth-order valence-corrected chi connectivity index (χ4v) is 5.68. The van der Waals surface area contributed by atoms with Crippen molar-refractivity contribution in [1.82, 2.24) is 10.8 Å². The SMILES string of the molecule is CCN1CC(CC(=O)NO)S(=O)(=O)c2ccc(C(=O)NCc3ccccc3Br)cc21. The molecule has 3 N–H and O–H groups in total. The lowest BCUT2D eigenvalue weighted by molar-refractivity contribution is -0.129. The highest BCUT2D eigenvalue weighted by atomic mass is 79.9. The van der Waals surface area contributed by atoms with E-state index >= 15 is 0 Å². The van der Waals surface area contributed by atoms with E-state index in [4.69, 9.17) is 5.21 Å². The molecule has 1 aliphatic rings. The molecule has 1 atom stereocenters. The third-order valence-corrected chi connectivity index (χ3v) is 7.97. The van der Waals surface area contributed by atoms with Crippen molar-refractivity contribution in [3.63, 3.8) is 0 Å². The van der Waals surface area contributed by atoms with Gasteiger partial charge in [0.1, 0.15) is 0 Å². The van der Waals surface area contributed by atoms with Gasteiger partial charge in [0.05, 0.1) is 15.8 Å². The molecule has 2 amide bonds. The highest BCUT2D eigenvalue weighted by Crippen LogP contribution is 2.35. The lowest BCUT2D eigenvalue weighted by Gasteiger charge is -2.35. The van der Waals surface area contributed by atoms with Crippen LogP contribution in [0.1, 0.15) is 29.3 Å². The van der Waals surface area contributed by atoms with Gasteiger partial charge in [-0.1, -0.05) is 34.1 Å². The summed E-state index contributed by atoms with van der Waals surface area (Å²) in [5, 5.41) is 10.6. The minimum absolute atomic E-state index is 0.0775. The van der Waals surface area contributed by atoms with Crippen LogP contribution in [0.15, 0.2) is 51.8 Å². The number of anilines is 1. The second kappa shape index (κ2) is 9.15. The maximum atomic E-state index is 13.0. The molecule has 3 rings (SSSR count). The Bertz CT molecular complexity index is 1070. The number of nitrogens with zero attached hydrogens (tertiary/aromatic N) is 1. The van der Waals surface area contributed by atoms with E-state index in [2.05, 4.69) is 21.2 Å². The van der Waals surface area contributed by atoms with Crippen molar-refractivity contribution in [2.75, 3.05) is 18.0 Å². The van der Waals surface area contributed by atoms with Crippen LogP contribution in [-0.4, -0.2) is 43.8 Å². The van der Waals surface area contributed by atoms with Gasteiger partial charge >= 0.3 is 0 Å². The Hall–Kier alpha value is -2.43. The van der Waals surface area contributed by atoms with Crippen molar-refractivity contribution in [1.29, 1.82) is 0 Å². The lowest BCUT2D eigenvalue weighted by atomic mass is 10.1. The maximum Gasteiger partial charge on any atom is 0.251 e. The summed E-state index contributed by atoms with van der Waals surface area (Å²) in [6.45, 7) is 2.79. The summed E-state index contributed by atoms with van der Waals surface area (Å²) in [7, 11) is -3.79. The first-order valence-corrected chi connectivity index (χ1v) is 11.7. The van der Waals surface area contributed by atoms with E-state index in [1.807, 2.05) is 36.1 Å². The van der Waals surface area contributed by atoms with E-state index in [1.165, 1.54) is 17.6 Å². The van der Waals surface area contributed by atoms with E-state index in [9.17, 15) is 18.0 Å². The number of rotatable bonds is 6. The molecule has 0 spiro atoms. The molecule has 0 saturated carbocycles. The largest absolute Gasteiger partial charge is 0.369 e. The van der Waals surface area contributed by atoms with Gasteiger partial charge in [-0.25, -0.2) is 13.9 Å². The van der Waals surface area contributed by atoms with Crippen molar-refractivity contribution in [3.8, 4) is 0 Å². The number of benzene rings is 2. The van der Waals surface area contributed by atoms with Crippen molar-refractivity contribution in [2.45, 2.75) is 30.0 Å². The van der Waals surface area contributed by atoms with Crippen LogP contribution in [0.5, 0.6) is 0 Å². The van der Waals surface area contributed by atoms with Crippen LogP contribution in [0.4, 0.5) is 5.69 Å². The van der Waals surface area contributed by atoms with Gasteiger partial charge in [0, 0.05) is 36.1 Å². The van der Waals surface area contributed by atoms with Crippen molar-refractivity contribution >= 4 is 43.3 Å². The zero-order valence-electron chi connectivity index (χ0n) is 16.3. The zero-order valence-corrected chi connectivity index (χ0v) is 18.7. The topological polar surface area (TPSA) is 116 Å². The average molecular weight is 496 g/mol. The molecule has 1 aliphatic heterocycles. The number of carbonyl (C=O) groups is 2. The predicted molar refractivity (Wildman–Crippen MR) is 115 cm³/mol. The standard InChI is InChI=1S/C20H22BrN3O5S/c1-2-24-12-15(10-19(25)23-27)30(28,29)18-8-7-13(9-17(18)24)20(26)22-11-14-5-3-4-6-16(14)21/h3-9,15,27H,2,10-12H2,1H3,(H,22,26)(H,23,25). The summed E-state index contributed by atoms with van der Waals surface area (Å²) in [4.78, 5) is 26.1. The van der Waals surface area contributed by atoms with Gasteiger partial charge in [0.15, 0.2) is 9.84 Å². The Morgan fingerprint density at radius 2 is 1.97 bits per heavy atom. The first-order valence-electron chi connectivity index (χ1n) is 9.35. The average Bonchev–Trinajstić information content (AvgIpc) is 2.74. The number of carbonyl (C=O) groups excluding carboxylic acids is 2. The van der Waals surface area contributed by atoms with E-state index in [1.54, 1.807) is 6.07 Å². The fraction of sp³-hybridized carbons (Fsp3) is 0.300. The molecule has 2 aromatic rings. The van der Waals surface area contributed by atoms with Crippen LogP contribution >= 0.6 is 15.9 Å². The lowest BCUT2D eigenvalue weighted by Crippen LogP contribution is -2.44. The van der Waals surface area contributed by atoms with Crippen LogP contribution in [0.3, 0.4) is 0 Å². The number of fused-ring (bicyclic) bond motifs is 1. The molecule has 0 radical (unpaired) electrons. The van der Waals surface area contributed by atoms with Gasteiger partial charge in [-0.05, 0) is 36.8 Å². The summed E-state index contributed by atoms with van der Waals surface area (Å²) >= 11 is 3.44. The van der Waals surface area contributed by atoms with Crippen LogP contribution in [0, 0.1) is 0 Å². The predicted octanol–water partition coefficient (Wildman–Crippen LogP) is 2.26. The van der Waals surface area contributed by atoms with Crippen molar-refractivity contribution in [2.24, 2.45) is 0 Å². The first kappa shape index (κ1) is 22.3. The monoisotopic (exact) mass is 495 g/mol. The second-order valence-corrected chi connectivity index (χ2v) is 9.95. The Kier molecular flexibility index (Phi) is 6.79. The molecule has 160 valence electrons. The van der Waals surface area contributed by atoms with E-state index in [0.29, 0.717) is 24.3 Å². The number of halogens is 1. The maximum absolute atomic E-state index is 13.0. The summed E-state index contributed by atoms with van der Waals surface area (Å²) in [6.07, 6.45) is -0.344. The fourth-order valence-electron chi connectivity index (χ4n) is 3.41. The molecule has 0 fully saturated rings. The van der Waals surface area contributed by atoms with Crippen molar-refractivity contribution < 1.29 is 23.2 Å². The first-order chi connectivity index (χ1) is 14.3. The molecule has 30 heavy (non-hydrogen) atoms. The summed E-state index contributed by atoms with van der Waals surface area (Å²) in [5.74, 6) is -1.07. The molecule has 0 bridgehead atoms. The molecule has 10 heteroatoms. The van der Waals surface area contributed by atoms with E-state index in [0.717, 1.165) is 10.0 Å². The molecule has 0 aliphatic carbocycles. The third-order valence-electron chi connectivity index (χ3n) is 5.05. The molecule has 1 heterocycles. The Labute approximate surface area is 183 Å². The molecular weight excluding hydrogens is 474 g/mol. The molecule has 0 saturated heterocycles. The highest BCUT2D eigenvalue weighted by Gasteiger charge is 2.38. The molecule has 2 aromatic carbocycles. The Balaban J connectivity index is 1.86. The smallest absolute Gasteiger partial charge is 0.251 e. The van der Waals surface area contributed by atoms with Crippen LogP contribution < -0.4 is 15.7 Å². The molecule has 0 aromatic heterocycles. The summed E-state index contributed by atoms with van der Waals surface area (Å²) in [6, 6.07) is 12.0. The zero-order chi connectivity index (χ0) is 21.9. The van der Waals surface area contributed by atoms with Crippen LogP contribution in [0.25, 0.3) is 0 Å². The number of amides is 2. The van der Waals surface area contributed by atoms with Gasteiger partial charge in [-0.2, -0.15) is 0 Å². The van der Waals surface area contributed by atoms with Gasteiger partial charge in [0.25, 0.3) is 5.91 Å². The number of hydroxylamine groups is 1. The van der Waals surface area contributed by atoms with Gasteiger partial charge in [0.2, 0.25) is 5.91 Å². The van der Waals surface area contributed by atoms with Gasteiger partial charge < -0.3 is 10.2 Å². The minimum atomic E-state index is -3.79. The Morgan fingerprint density at radius 1 is 1.23 bits per heavy atom. The summed E-state index contributed by atoms with van der Waals surface area (Å²) in [5.41, 5.74) is 3.19. The second-order valence-electron chi connectivity index (χ2n) is 6.90. The highest BCUT2D eigenvalue weighted by molar-refractivity contribution is 9.10. The number of hydrogen-bond donors (Lipinski definition) is 3. The van der Waals surface area contributed by atoms with Crippen LogP contribution in [-0.2, 0) is 21.2 Å². The minimum Gasteiger partial charge on any atom is -0.369 e. The van der Waals surface area contributed by atoms with Crippen molar-refractivity contribution in [3.05, 3.63) is 58.1 Å². The normalized spacial score (nSPS) is 17.2. The number of nitrogens with one attached hydrogen (secondary N) is 2. The van der Waals surface area contributed by atoms with Crippen LogP contribution in [0.2, 0.25) is 0 Å². The van der Waals surface area contributed by atoms with Gasteiger partial charge in [-0.3, -0.25) is 14.8 Å². The number of sulfone groups is 1. The molecule has 8 nitrogen and oxygen atoms in total. The molecule has 1 unspecified atom stereocenters.